The topological polar surface area (TPSA) is 53.9 Å². The van der Waals surface area contributed by atoms with E-state index >= 15 is 0 Å². The van der Waals surface area contributed by atoms with Gasteiger partial charge in [-0.3, -0.25) is 9.88 Å². The Morgan fingerprint density at radius 3 is 3.00 bits per heavy atom. The normalized spacial score (nSPS) is 17.1. The van der Waals surface area contributed by atoms with E-state index in [0.717, 1.165) is 41.7 Å². The number of thiazole rings is 1. The molecule has 1 aliphatic heterocycles. The number of aryl methyl sites for hydroxylation is 1. The van der Waals surface area contributed by atoms with Gasteiger partial charge in [-0.2, -0.15) is 0 Å². The minimum Gasteiger partial charge on any atom is -0.316 e. The van der Waals surface area contributed by atoms with Gasteiger partial charge in [0.2, 0.25) is 0 Å². The van der Waals surface area contributed by atoms with Crippen LogP contribution in [-0.4, -0.2) is 26.4 Å². The summed E-state index contributed by atoms with van der Waals surface area (Å²) in [5.74, 6) is 0.862. The van der Waals surface area contributed by atoms with Gasteiger partial charge in [-0.25, -0.2) is 9.97 Å². The SMILES string of the molecule is Cc1cnc(Nc2cccc([C@H]3CCCN3Cc3ccc4ncccc4c3)n2)s1. The fraction of sp³-hybridized carbons (Fsp3) is 0.261. The number of benzene rings is 1. The first-order valence-corrected chi connectivity index (χ1v) is 10.8. The van der Waals surface area contributed by atoms with E-state index in [9.17, 15) is 0 Å². The van der Waals surface area contributed by atoms with Crippen molar-refractivity contribution in [3.8, 4) is 0 Å². The Kier molecular flexibility index (Phi) is 4.96. The summed E-state index contributed by atoms with van der Waals surface area (Å²) in [6.07, 6.45) is 6.07. The van der Waals surface area contributed by atoms with Gasteiger partial charge >= 0.3 is 0 Å². The van der Waals surface area contributed by atoms with E-state index in [1.165, 1.54) is 22.2 Å². The number of nitrogens with one attached hydrogen (secondary N) is 1. The summed E-state index contributed by atoms with van der Waals surface area (Å²) in [6.45, 7) is 4.09. The highest BCUT2D eigenvalue weighted by Crippen LogP contribution is 2.33. The quantitative estimate of drug-likeness (QED) is 0.480. The number of pyridine rings is 2. The van der Waals surface area contributed by atoms with E-state index in [-0.39, 0.29) is 0 Å². The molecular weight excluding hydrogens is 378 g/mol. The highest BCUT2D eigenvalue weighted by Gasteiger charge is 2.27. The number of anilines is 2. The number of rotatable bonds is 5. The van der Waals surface area contributed by atoms with E-state index in [4.69, 9.17) is 4.98 Å². The summed E-state index contributed by atoms with van der Waals surface area (Å²) in [4.78, 5) is 17.4. The van der Waals surface area contributed by atoms with Crippen LogP contribution < -0.4 is 5.32 Å². The van der Waals surface area contributed by atoms with Gasteiger partial charge in [-0.05, 0) is 62.2 Å². The largest absolute Gasteiger partial charge is 0.316 e. The van der Waals surface area contributed by atoms with Gasteiger partial charge in [-0.1, -0.05) is 18.2 Å². The van der Waals surface area contributed by atoms with Crippen LogP contribution in [0.15, 0.2) is 60.9 Å². The molecule has 1 aromatic carbocycles. The minimum atomic E-state index is 0.347. The van der Waals surface area contributed by atoms with Crippen molar-refractivity contribution < 1.29 is 0 Å². The molecule has 1 fully saturated rings. The molecule has 1 atom stereocenters. The molecule has 5 rings (SSSR count). The molecule has 6 heteroatoms. The Hall–Kier alpha value is -2.83. The highest BCUT2D eigenvalue weighted by atomic mass is 32.1. The third kappa shape index (κ3) is 3.99. The second-order valence-corrected chi connectivity index (χ2v) is 8.74. The first-order valence-electron chi connectivity index (χ1n) is 9.99. The van der Waals surface area contributed by atoms with E-state index in [1.54, 1.807) is 11.3 Å². The molecule has 0 bridgehead atoms. The molecule has 0 radical (unpaired) electrons. The predicted molar refractivity (Wildman–Crippen MR) is 118 cm³/mol. The standard InChI is InChI=1S/C23H23N5S/c1-16-14-25-23(29-16)27-22-8-2-6-20(26-22)21-7-4-12-28(21)15-17-9-10-19-18(13-17)5-3-11-24-19/h2-3,5-6,8-11,13-14,21H,4,7,12,15H2,1H3,(H,25,26,27)/t21-/m1/s1. The molecule has 0 saturated carbocycles. The van der Waals surface area contributed by atoms with E-state index < -0.39 is 0 Å². The van der Waals surface area contributed by atoms with Crippen molar-refractivity contribution >= 4 is 33.2 Å². The van der Waals surface area contributed by atoms with Gasteiger partial charge < -0.3 is 5.32 Å². The van der Waals surface area contributed by atoms with Crippen LogP contribution in [0.5, 0.6) is 0 Å². The van der Waals surface area contributed by atoms with Crippen molar-refractivity contribution in [2.75, 3.05) is 11.9 Å². The minimum absolute atomic E-state index is 0.347. The van der Waals surface area contributed by atoms with Crippen LogP contribution in [0.4, 0.5) is 10.9 Å². The van der Waals surface area contributed by atoms with Crippen molar-refractivity contribution in [2.45, 2.75) is 32.4 Å². The average molecular weight is 402 g/mol. The summed E-state index contributed by atoms with van der Waals surface area (Å²) in [6, 6.07) is 17.3. The molecule has 146 valence electrons. The van der Waals surface area contributed by atoms with Gasteiger partial charge in [0.1, 0.15) is 5.82 Å². The molecule has 3 aromatic heterocycles. The number of likely N-dealkylation sites (tertiary alicyclic amines) is 1. The second kappa shape index (κ2) is 7.89. The number of hydrogen-bond acceptors (Lipinski definition) is 6. The Morgan fingerprint density at radius 2 is 2.10 bits per heavy atom. The fourth-order valence-electron chi connectivity index (χ4n) is 4.04. The lowest BCUT2D eigenvalue weighted by Crippen LogP contribution is -2.23. The molecule has 4 heterocycles. The summed E-state index contributed by atoms with van der Waals surface area (Å²) < 4.78 is 0. The molecule has 0 amide bonds. The maximum Gasteiger partial charge on any atom is 0.188 e. The Balaban J connectivity index is 1.35. The zero-order chi connectivity index (χ0) is 19.6. The predicted octanol–water partition coefficient (Wildman–Crippen LogP) is 5.48. The van der Waals surface area contributed by atoms with Gasteiger partial charge in [0.15, 0.2) is 5.13 Å². The molecule has 0 aliphatic carbocycles. The van der Waals surface area contributed by atoms with Gasteiger partial charge in [-0.15, -0.1) is 11.3 Å². The van der Waals surface area contributed by atoms with Crippen molar-refractivity contribution in [3.63, 3.8) is 0 Å². The summed E-state index contributed by atoms with van der Waals surface area (Å²) in [7, 11) is 0. The molecule has 0 spiro atoms. The van der Waals surface area contributed by atoms with Crippen LogP contribution in [-0.2, 0) is 6.54 Å². The first-order chi connectivity index (χ1) is 14.2. The van der Waals surface area contributed by atoms with E-state index in [1.807, 2.05) is 24.5 Å². The highest BCUT2D eigenvalue weighted by molar-refractivity contribution is 7.15. The number of hydrogen-bond donors (Lipinski definition) is 1. The van der Waals surface area contributed by atoms with Crippen molar-refractivity contribution in [3.05, 3.63) is 77.1 Å². The van der Waals surface area contributed by atoms with Crippen LogP contribution in [0.2, 0.25) is 0 Å². The van der Waals surface area contributed by atoms with Crippen LogP contribution in [0.1, 0.15) is 35.0 Å². The van der Waals surface area contributed by atoms with Crippen LogP contribution in [0, 0.1) is 6.92 Å². The van der Waals surface area contributed by atoms with Crippen LogP contribution in [0.25, 0.3) is 10.9 Å². The zero-order valence-electron chi connectivity index (χ0n) is 16.4. The summed E-state index contributed by atoms with van der Waals surface area (Å²) in [5.41, 5.74) is 3.50. The molecular formula is C23H23N5S. The molecule has 1 N–H and O–H groups in total. The Morgan fingerprint density at radius 1 is 1.14 bits per heavy atom. The van der Waals surface area contributed by atoms with Crippen molar-refractivity contribution in [1.29, 1.82) is 0 Å². The number of aromatic nitrogens is 3. The summed E-state index contributed by atoms with van der Waals surface area (Å²) >= 11 is 1.65. The van der Waals surface area contributed by atoms with Gasteiger partial charge in [0.25, 0.3) is 0 Å². The van der Waals surface area contributed by atoms with Crippen LogP contribution >= 0.6 is 11.3 Å². The average Bonchev–Trinajstić information content (AvgIpc) is 3.37. The molecule has 4 aromatic rings. The van der Waals surface area contributed by atoms with Gasteiger partial charge in [0, 0.05) is 29.2 Å². The lowest BCUT2D eigenvalue weighted by Gasteiger charge is -2.24. The number of fused-ring (bicyclic) bond motifs is 1. The zero-order valence-corrected chi connectivity index (χ0v) is 17.2. The van der Waals surface area contributed by atoms with Crippen LogP contribution in [0.3, 0.4) is 0 Å². The molecule has 0 unspecified atom stereocenters. The van der Waals surface area contributed by atoms with E-state index in [0.29, 0.717) is 6.04 Å². The Bertz CT molecular complexity index is 1140. The Labute approximate surface area is 174 Å². The van der Waals surface area contributed by atoms with E-state index in [2.05, 4.69) is 63.5 Å². The third-order valence-electron chi connectivity index (χ3n) is 5.39. The molecule has 1 aliphatic rings. The maximum atomic E-state index is 4.90. The molecule has 1 saturated heterocycles. The maximum absolute atomic E-state index is 4.90. The molecule has 5 nitrogen and oxygen atoms in total. The lowest BCUT2D eigenvalue weighted by atomic mass is 10.1. The van der Waals surface area contributed by atoms with Crippen molar-refractivity contribution in [1.82, 2.24) is 19.9 Å². The first kappa shape index (κ1) is 18.2. The second-order valence-electron chi connectivity index (χ2n) is 7.51. The van der Waals surface area contributed by atoms with Gasteiger partial charge in [0.05, 0.1) is 17.3 Å². The third-order valence-corrected chi connectivity index (χ3v) is 6.21. The number of nitrogens with zero attached hydrogens (tertiary/aromatic N) is 4. The monoisotopic (exact) mass is 401 g/mol. The molecule has 29 heavy (non-hydrogen) atoms. The summed E-state index contributed by atoms with van der Waals surface area (Å²) in [5, 5.41) is 5.43. The fourth-order valence-corrected chi connectivity index (χ4v) is 4.71. The van der Waals surface area contributed by atoms with Crippen molar-refractivity contribution in [2.24, 2.45) is 0 Å². The smallest absolute Gasteiger partial charge is 0.188 e. The lowest BCUT2D eigenvalue weighted by molar-refractivity contribution is 0.244.